The third-order valence-electron chi connectivity index (χ3n) is 4.47. The van der Waals surface area contributed by atoms with Crippen molar-refractivity contribution in [2.24, 2.45) is 5.16 Å². The molecule has 6 nitrogen and oxygen atoms in total. The Morgan fingerprint density at radius 1 is 1.25 bits per heavy atom. The van der Waals surface area contributed by atoms with E-state index in [9.17, 15) is 17.6 Å². The smallest absolute Gasteiger partial charge is 0.320 e. The van der Waals surface area contributed by atoms with Crippen molar-refractivity contribution in [3.05, 3.63) is 53.8 Å². The molecule has 0 aliphatic carbocycles. The summed E-state index contributed by atoms with van der Waals surface area (Å²) in [7, 11) is -3.46. The van der Waals surface area contributed by atoms with E-state index in [4.69, 9.17) is 9.57 Å². The minimum atomic E-state index is -3.46. The fraction of sp³-hybridized carbons (Fsp3) is 0.300. The minimum absolute atomic E-state index is 0.118. The number of sulfone groups is 1. The highest BCUT2D eigenvalue weighted by Gasteiger charge is 2.27. The van der Waals surface area contributed by atoms with Gasteiger partial charge in [0.25, 0.3) is 0 Å². The normalized spacial score (nSPS) is 14.9. The molecule has 0 bridgehead atoms. The van der Waals surface area contributed by atoms with Crippen molar-refractivity contribution >= 4 is 21.7 Å². The van der Waals surface area contributed by atoms with Gasteiger partial charge in [0.05, 0.1) is 17.2 Å². The number of carbonyl (C=O) groups excluding carboxylic acids is 1. The number of hydrogen-bond donors (Lipinski definition) is 0. The molecule has 0 radical (unpaired) electrons. The lowest BCUT2D eigenvalue weighted by Crippen LogP contribution is -2.19. The molecule has 0 aromatic heterocycles. The molecule has 1 aliphatic rings. The van der Waals surface area contributed by atoms with E-state index in [0.29, 0.717) is 36.1 Å². The molecule has 1 aliphatic heterocycles. The lowest BCUT2D eigenvalue weighted by molar-refractivity contribution is -0.137. The van der Waals surface area contributed by atoms with Crippen LogP contribution in [0.1, 0.15) is 31.2 Å². The van der Waals surface area contributed by atoms with Gasteiger partial charge < -0.3 is 9.57 Å². The van der Waals surface area contributed by atoms with Crippen LogP contribution in [-0.2, 0) is 24.2 Å². The summed E-state index contributed by atoms with van der Waals surface area (Å²) in [5.74, 6) is -1.33. The molecule has 0 saturated carbocycles. The number of nitrogens with zero attached hydrogens (tertiary/aromatic N) is 1. The second kappa shape index (κ2) is 8.10. The molecule has 1 unspecified atom stereocenters. The van der Waals surface area contributed by atoms with Gasteiger partial charge in [0.2, 0.25) is 5.90 Å². The number of benzene rings is 2. The van der Waals surface area contributed by atoms with E-state index in [-0.39, 0.29) is 10.8 Å². The Hall–Kier alpha value is -2.74. The van der Waals surface area contributed by atoms with Gasteiger partial charge in [-0.2, -0.15) is 0 Å². The standard InChI is InChI=1S/C20H20FNO5S/c1-3-16(20(23)27-19-10-11-26-22-19)17-9-8-15(28(2,24)25)12-18(17)13-4-6-14(21)7-5-13/h4-9,12,16H,3,10-11H2,1-2H3. The molecule has 0 N–H and O–H groups in total. The van der Waals surface area contributed by atoms with Gasteiger partial charge in [0.1, 0.15) is 12.4 Å². The summed E-state index contributed by atoms with van der Waals surface area (Å²) in [6, 6.07) is 10.2. The Morgan fingerprint density at radius 2 is 1.96 bits per heavy atom. The summed E-state index contributed by atoms with van der Waals surface area (Å²) < 4.78 is 42.7. The summed E-state index contributed by atoms with van der Waals surface area (Å²) in [5, 5.41) is 3.68. The summed E-state index contributed by atoms with van der Waals surface area (Å²) >= 11 is 0. The number of esters is 1. The number of halogens is 1. The molecule has 0 amide bonds. The Bertz CT molecular complexity index is 1020. The first-order chi connectivity index (χ1) is 13.3. The van der Waals surface area contributed by atoms with Gasteiger partial charge in [0, 0.05) is 6.26 Å². The molecule has 2 aromatic carbocycles. The molecule has 2 aromatic rings. The largest absolute Gasteiger partial charge is 0.408 e. The van der Waals surface area contributed by atoms with Gasteiger partial charge in [-0.05, 0) is 47.4 Å². The quantitative estimate of drug-likeness (QED) is 0.709. The number of rotatable bonds is 5. The molecule has 3 rings (SSSR count). The molecular formula is C20H20FNO5S. The van der Waals surface area contributed by atoms with Crippen molar-refractivity contribution in [2.75, 3.05) is 12.9 Å². The van der Waals surface area contributed by atoms with Gasteiger partial charge in [-0.25, -0.2) is 12.8 Å². The zero-order valence-electron chi connectivity index (χ0n) is 15.5. The van der Waals surface area contributed by atoms with Crippen LogP contribution in [0.4, 0.5) is 4.39 Å². The van der Waals surface area contributed by atoms with Crippen molar-refractivity contribution in [2.45, 2.75) is 30.6 Å². The highest BCUT2D eigenvalue weighted by molar-refractivity contribution is 7.90. The van der Waals surface area contributed by atoms with Crippen LogP contribution in [0.3, 0.4) is 0 Å². The van der Waals surface area contributed by atoms with Crippen molar-refractivity contribution in [1.82, 2.24) is 0 Å². The second-order valence-electron chi connectivity index (χ2n) is 6.48. The van der Waals surface area contributed by atoms with E-state index < -0.39 is 27.5 Å². The molecule has 8 heteroatoms. The molecule has 0 spiro atoms. The molecular weight excluding hydrogens is 385 g/mol. The third-order valence-corrected chi connectivity index (χ3v) is 5.58. The molecule has 0 fully saturated rings. The van der Waals surface area contributed by atoms with Crippen molar-refractivity contribution in [1.29, 1.82) is 0 Å². The zero-order chi connectivity index (χ0) is 20.3. The van der Waals surface area contributed by atoms with Crippen LogP contribution in [0.15, 0.2) is 52.5 Å². The van der Waals surface area contributed by atoms with Crippen LogP contribution < -0.4 is 0 Å². The monoisotopic (exact) mass is 405 g/mol. The number of oxime groups is 1. The van der Waals surface area contributed by atoms with E-state index in [1.165, 1.54) is 24.3 Å². The van der Waals surface area contributed by atoms with Crippen LogP contribution >= 0.6 is 0 Å². The maximum Gasteiger partial charge on any atom is 0.320 e. The van der Waals surface area contributed by atoms with E-state index in [1.54, 1.807) is 18.2 Å². The van der Waals surface area contributed by atoms with Crippen LogP contribution in [-0.4, -0.2) is 33.1 Å². The van der Waals surface area contributed by atoms with E-state index in [1.807, 2.05) is 6.92 Å². The van der Waals surface area contributed by atoms with Crippen molar-refractivity contribution in [3.8, 4) is 11.1 Å². The van der Waals surface area contributed by atoms with Gasteiger partial charge >= 0.3 is 5.97 Å². The average molecular weight is 405 g/mol. The Labute approximate surface area is 162 Å². The first kappa shape index (κ1) is 20.0. The Balaban J connectivity index is 2.06. The average Bonchev–Trinajstić information content (AvgIpc) is 3.15. The Kier molecular flexibility index (Phi) is 5.79. The van der Waals surface area contributed by atoms with Crippen molar-refractivity contribution < 1.29 is 27.2 Å². The zero-order valence-corrected chi connectivity index (χ0v) is 16.3. The first-order valence-corrected chi connectivity index (χ1v) is 10.7. The van der Waals surface area contributed by atoms with E-state index in [2.05, 4.69) is 5.16 Å². The number of carbonyl (C=O) groups is 1. The summed E-state index contributed by atoms with van der Waals surface area (Å²) in [6.07, 6.45) is 1.96. The van der Waals surface area contributed by atoms with Gasteiger partial charge in [-0.3, -0.25) is 4.79 Å². The van der Waals surface area contributed by atoms with Crippen LogP contribution in [0, 0.1) is 5.82 Å². The lowest BCUT2D eigenvalue weighted by Gasteiger charge is -2.19. The fourth-order valence-electron chi connectivity index (χ4n) is 3.02. The van der Waals surface area contributed by atoms with Gasteiger partial charge in [-0.1, -0.05) is 30.3 Å². The summed E-state index contributed by atoms with van der Waals surface area (Å²) in [6.45, 7) is 2.20. The van der Waals surface area contributed by atoms with Crippen LogP contribution in [0.5, 0.6) is 0 Å². The van der Waals surface area contributed by atoms with E-state index in [0.717, 1.165) is 6.26 Å². The van der Waals surface area contributed by atoms with Gasteiger partial charge in [-0.15, -0.1) is 0 Å². The predicted octanol–water partition coefficient (Wildman–Crippen LogP) is 3.67. The topological polar surface area (TPSA) is 82.0 Å². The summed E-state index contributed by atoms with van der Waals surface area (Å²) in [5.41, 5.74) is 1.75. The van der Waals surface area contributed by atoms with E-state index >= 15 is 0 Å². The van der Waals surface area contributed by atoms with Crippen LogP contribution in [0.2, 0.25) is 0 Å². The van der Waals surface area contributed by atoms with Crippen LogP contribution in [0.25, 0.3) is 11.1 Å². The summed E-state index contributed by atoms with van der Waals surface area (Å²) in [4.78, 5) is 17.7. The highest BCUT2D eigenvalue weighted by Crippen LogP contribution is 2.34. The second-order valence-corrected chi connectivity index (χ2v) is 8.49. The predicted molar refractivity (Wildman–Crippen MR) is 102 cm³/mol. The SMILES string of the molecule is CCC(C(=O)OC1=NOCC1)c1ccc(S(C)(=O)=O)cc1-c1ccc(F)cc1. The molecule has 28 heavy (non-hydrogen) atoms. The maximum atomic E-state index is 13.4. The Morgan fingerprint density at radius 3 is 2.54 bits per heavy atom. The fourth-order valence-corrected chi connectivity index (χ4v) is 3.66. The van der Waals surface area contributed by atoms with Crippen molar-refractivity contribution in [3.63, 3.8) is 0 Å². The minimum Gasteiger partial charge on any atom is -0.408 e. The highest BCUT2D eigenvalue weighted by atomic mass is 32.2. The molecule has 1 heterocycles. The third kappa shape index (κ3) is 4.39. The molecule has 0 saturated heterocycles. The molecule has 148 valence electrons. The maximum absolute atomic E-state index is 13.4. The number of ether oxygens (including phenoxy) is 1. The lowest BCUT2D eigenvalue weighted by atomic mass is 9.89. The first-order valence-electron chi connectivity index (χ1n) is 8.80. The number of hydrogen-bond acceptors (Lipinski definition) is 6. The van der Waals surface area contributed by atoms with Gasteiger partial charge in [0.15, 0.2) is 9.84 Å². The molecule has 1 atom stereocenters.